The van der Waals surface area contributed by atoms with Crippen molar-refractivity contribution in [3.63, 3.8) is 0 Å². The minimum absolute atomic E-state index is 0.00370. The van der Waals surface area contributed by atoms with Crippen LogP contribution in [-0.4, -0.2) is 35.7 Å². The molecule has 18 heavy (non-hydrogen) atoms. The van der Waals surface area contributed by atoms with Crippen LogP contribution < -0.4 is 5.32 Å². The molecule has 0 atom stereocenters. The number of rotatable bonds is 1. The third kappa shape index (κ3) is 3.31. The highest BCUT2D eigenvalue weighted by Crippen LogP contribution is 2.24. The quantitative estimate of drug-likeness (QED) is 0.703. The summed E-state index contributed by atoms with van der Waals surface area (Å²) in [5.41, 5.74) is 0. The van der Waals surface area contributed by atoms with E-state index in [4.69, 9.17) is 0 Å². The van der Waals surface area contributed by atoms with Gasteiger partial charge in [-0.2, -0.15) is 0 Å². The summed E-state index contributed by atoms with van der Waals surface area (Å²) in [6.07, 6.45) is 7.56. The number of carbonyl (C=O) groups is 3. The summed E-state index contributed by atoms with van der Waals surface area (Å²) in [5.74, 6) is -0.750. The zero-order valence-electron chi connectivity index (χ0n) is 10.6. The first-order valence-corrected chi connectivity index (χ1v) is 6.78. The van der Waals surface area contributed by atoms with Crippen molar-refractivity contribution < 1.29 is 14.4 Å². The van der Waals surface area contributed by atoms with Crippen LogP contribution >= 0.6 is 0 Å². The molecule has 1 heterocycles. The second kappa shape index (κ2) is 5.98. The largest absolute Gasteiger partial charge is 0.324 e. The number of hydrogen-bond donors (Lipinski definition) is 1. The number of carbonyl (C=O) groups excluding carboxylic acids is 3. The molecule has 2 rings (SSSR count). The second-order valence-electron chi connectivity index (χ2n) is 5.21. The molecule has 0 aromatic carbocycles. The van der Waals surface area contributed by atoms with Crippen molar-refractivity contribution in [3.05, 3.63) is 0 Å². The summed E-state index contributed by atoms with van der Waals surface area (Å²) >= 11 is 0. The van der Waals surface area contributed by atoms with Crippen LogP contribution in [0.3, 0.4) is 0 Å². The lowest BCUT2D eigenvalue weighted by molar-refractivity contribution is -0.148. The Morgan fingerprint density at radius 2 is 1.44 bits per heavy atom. The molecule has 1 aliphatic carbocycles. The Bertz CT molecular complexity index is 330. The van der Waals surface area contributed by atoms with Crippen molar-refractivity contribution in [2.75, 3.05) is 13.1 Å². The fourth-order valence-corrected chi connectivity index (χ4v) is 2.75. The second-order valence-corrected chi connectivity index (χ2v) is 5.21. The summed E-state index contributed by atoms with van der Waals surface area (Å²) in [5, 5.41) is 2.22. The monoisotopic (exact) mass is 252 g/mol. The lowest BCUT2D eigenvalue weighted by atomic mass is 9.90. The lowest BCUT2D eigenvalue weighted by Crippen LogP contribution is -2.54. The van der Waals surface area contributed by atoms with Gasteiger partial charge in [0.05, 0.1) is 0 Å². The summed E-state index contributed by atoms with van der Waals surface area (Å²) in [6.45, 7) is 0.0577. The van der Waals surface area contributed by atoms with Gasteiger partial charge in [0.25, 0.3) is 0 Å². The van der Waals surface area contributed by atoms with Crippen LogP contribution in [0.15, 0.2) is 0 Å². The SMILES string of the molecule is O=C1CN(C(=O)C2CCCCCCC2)CC(=O)N1. The van der Waals surface area contributed by atoms with E-state index in [-0.39, 0.29) is 36.7 Å². The number of amides is 3. The van der Waals surface area contributed by atoms with Crippen LogP contribution in [0.4, 0.5) is 0 Å². The molecule has 0 radical (unpaired) electrons. The molecule has 3 amide bonds. The average Bonchev–Trinajstić information content (AvgIpc) is 2.26. The van der Waals surface area contributed by atoms with Crippen LogP contribution in [0, 0.1) is 5.92 Å². The Balaban J connectivity index is 1.95. The normalized spacial score (nSPS) is 23.2. The molecular formula is C13H20N2O3. The zero-order chi connectivity index (χ0) is 13.0. The predicted molar refractivity (Wildman–Crippen MR) is 65.5 cm³/mol. The van der Waals surface area contributed by atoms with Crippen molar-refractivity contribution in [1.29, 1.82) is 0 Å². The zero-order valence-corrected chi connectivity index (χ0v) is 10.6. The van der Waals surface area contributed by atoms with Crippen LogP contribution in [0.2, 0.25) is 0 Å². The Kier molecular flexibility index (Phi) is 4.33. The number of hydrogen-bond acceptors (Lipinski definition) is 3. The van der Waals surface area contributed by atoms with Crippen LogP contribution in [0.1, 0.15) is 44.9 Å². The van der Waals surface area contributed by atoms with E-state index < -0.39 is 0 Å². The van der Waals surface area contributed by atoms with E-state index in [0.717, 1.165) is 25.7 Å². The first-order chi connectivity index (χ1) is 8.66. The van der Waals surface area contributed by atoms with Gasteiger partial charge in [-0.1, -0.05) is 32.1 Å². The number of nitrogens with one attached hydrogen (secondary N) is 1. The number of piperazine rings is 1. The maximum Gasteiger partial charge on any atom is 0.246 e. The van der Waals surface area contributed by atoms with E-state index in [1.165, 1.54) is 24.2 Å². The lowest BCUT2D eigenvalue weighted by Gasteiger charge is -2.30. The van der Waals surface area contributed by atoms with Crippen LogP contribution in [0.5, 0.6) is 0 Å². The molecule has 2 aliphatic rings. The van der Waals surface area contributed by atoms with Gasteiger partial charge in [0.2, 0.25) is 17.7 Å². The molecule has 5 nitrogen and oxygen atoms in total. The molecule has 1 aliphatic heterocycles. The molecule has 0 spiro atoms. The standard InChI is InChI=1S/C13H20N2O3/c16-11-8-15(9-12(17)14-11)13(18)10-6-4-2-1-3-5-7-10/h10H,1-9H2,(H,14,16,17). The Hall–Kier alpha value is -1.39. The van der Waals surface area contributed by atoms with Gasteiger partial charge < -0.3 is 4.90 Å². The Morgan fingerprint density at radius 1 is 0.944 bits per heavy atom. The van der Waals surface area contributed by atoms with Crippen molar-refractivity contribution in [2.24, 2.45) is 5.92 Å². The third-order valence-electron chi connectivity index (χ3n) is 3.71. The van der Waals surface area contributed by atoms with E-state index in [0.29, 0.717) is 0 Å². The minimum Gasteiger partial charge on any atom is -0.324 e. The van der Waals surface area contributed by atoms with E-state index in [1.54, 1.807) is 0 Å². The molecule has 100 valence electrons. The van der Waals surface area contributed by atoms with Gasteiger partial charge in [-0.05, 0) is 12.8 Å². The van der Waals surface area contributed by atoms with Gasteiger partial charge in [0.15, 0.2) is 0 Å². The summed E-state index contributed by atoms with van der Waals surface area (Å²) in [6, 6.07) is 0. The predicted octanol–water partition coefficient (Wildman–Crippen LogP) is 0.832. The molecule has 0 bridgehead atoms. The highest BCUT2D eigenvalue weighted by Gasteiger charge is 2.30. The van der Waals surface area contributed by atoms with Crippen molar-refractivity contribution in [1.82, 2.24) is 10.2 Å². The summed E-state index contributed by atoms with van der Waals surface area (Å²) < 4.78 is 0. The van der Waals surface area contributed by atoms with Gasteiger partial charge in [-0.3, -0.25) is 19.7 Å². The van der Waals surface area contributed by atoms with Crippen molar-refractivity contribution in [2.45, 2.75) is 44.9 Å². The molecule has 1 N–H and O–H groups in total. The molecule has 1 saturated heterocycles. The van der Waals surface area contributed by atoms with Gasteiger partial charge in [0, 0.05) is 5.92 Å². The van der Waals surface area contributed by atoms with E-state index in [2.05, 4.69) is 5.32 Å². The van der Waals surface area contributed by atoms with Gasteiger partial charge >= 0.3 is 0 Å². The minimum atomic E-state index is -0.370. The molecule has 2 fully saturated rings. The molecule has 5 heteroatoms. The molecular weight excluding hydrogens is 232 g/mol. The van der Waals surface area contributed by atoms with E-state index in [9.17, 15) is 14.4 Å². The fourth-order valence-electron chi connectivity index (χ4n) is 2.75. The Labute approximate surface area is 107 Å². The Morgan fingerprint density at radius 3 is 2.00 bits per heavy atom. The van der Waals surface area contributed by atoms with Crippen LogP contribution in [0.25, 0.3) is 0 Å². The van der Waals surface area contributed by atoms with Crippen molar-refractivity contribution >= 4 is 17.7 Å². The fraction of sp³-hybridized carbons (Fsp3) is 0.769. The maximum atomic E-state index is 12.3. The molecule has 0 unspecified atom stereocenters. The van der Waals surface area contributed by atoms with E-state index in [1.807, 2.05) is 0 Å². The van der Waals surface area contributed by atoms with E-state index >= 15 is 0 Å². The topological polar surface area (TPSA) is 66.5 Å². The molecule has 0 aromatic rings. The average molecular weight is 252 g/mol. The summed E-state index contributed by atoms with van der Waals surface area (Å²) in [4.78, 5) is 36.2. The van der Waals surface area contributed by atoms with Crippen molar-refractivity contribution in [3.8, 4) is 0 Å². The van der Waals surface area contributed by atoms with Gasteiger partial charge in [0.1, 0.15) is 13.1 Å². The molecule has 1 saturated carbocycles. The smallest absolute Gasteiger partial charge is 0.246 e. The number of imide groups is 1. The first kappa shape index (κ1) is 13.1. The van der Waals surface area contributed by atoms with Gasteiger partial charge in [-0.25, -0.2) is 0 Å². The highest BCUT2D eigenvalue weighted by atomic mass is 16.2. The first-order valence-electron chi connectivity index (χ1n) is 6.78. The third-order valence-corrected chi connectivity index (χ3v) is 3.71. The van der Waals surface area contributed by atoms with Gasteiger partial charge in [-0.15, -0.1) is 0 Å². The highest BCUT2D eigenvalue weighted by molar-refractivity contribution is 6.02. The van der Waals surface area contributed by atoms with Crippen LogP contribution in [-0.2, 0) is 14.4 Å². The summed E-state index contributed by atoms with van der Waals surface area (Å²) in [7, 11) is 0. The number of nitrogens with zero attached hydrogens (tertiary/aromatic N) is 1. The maximum absolute atomic E-state index is 12.3. The molecule has 0 aromatic heterocycles.